The van der Waals surface area contributed by atoms with Crippen molar-refractivity contribution >= 4 is 11.5 Å². The van der Waals surface area contributed by atoms with Crippen molar-refractivity contribution in [1.82, 2.24) is 9.78 Å². The van der Waals surface area contributed by atoms with Crippen LogP contribution in [-0.4, -0.2) is 16.9 Å². The van der Waals surface area contributed by atoms with Crippen LogP contribution in [0.15, 0.2) is 109 Å². The van der Waals surface area contributed by atoms with Gasteiger partial charge in [0.2, 0.25) is 0 Å². The highest BCUT2D eigenvalue weighted by Gasteiger charge is 2.37. The van der Waals surface area contributed by atoms with Crippen LogP contribution in [0.4, 0.5) is 11.5 Å². The molecule has 4 nitrogen and oxygen atoms in total. The van der Waals surface area contributed by atoms with Crippen LogP contribution >= 0.6 is 0 Å². The van der Waals surface area contributed by atoms with Gasteiger partial charge >= 0.3 is 0 Å². The molecule has 5 aromatic rings. The number of rotatable bonds is 4. The predicted molar refractivity (Wildman–Crippen MR) is 137 cm³/mol. The fourth-order valence-electron chi connectivity index (χ4n) is 5.00. The van der Waals surface area contributed by atoms with Gasteiger partial charge in [-0.25, -0.2) is 4.68 Å². The van der Waals surface area contributed by atoms with Gasteiger partial charge in [0.1, 0.15) is 11.6 Å². The lowest BCUT2D eigenvalue weighted by atomic mass is 9.85. The fourth-order valence-corrected chi connectivity index (χ4v) is 5.00. The summed E-state index contributed by atoms with van der Waals surface area (Å²) in [5, 5.41) is 5.05. The molecule has 0 fully saturated rings. The molecule has 0 spiro atoms. The van der Waals surface area contributed by atoms with Crippen molar-refractivity contribution in [1.29, 1.82) is 0 Å². The highest BCUT2D eigenvalue weighted by molar-refractivity contribution is 5.90. The zero-order valence-corrected chi connectivity index (χ0v) is 19.2. The summed E-state index contributed by atoms with van der Waals surface area (Å²) < 4.78 is 7.53. The third kappa shape index (κ3) is 3.19. The maximum absolute atomic E-state index is 5.45. The van der Waals surface area contributed by atoms with Gasteiger partial charge in [-0.3, -0.25) is 0 Å². The number of nitrogens with zero attached hydrogens (tertiary/aromatic N) is 3. The maximum atomic E-state index is 5.45. The molecule has 6 rings (SSSR count). The smallest absolute Gasteiger partial charge is 0.145 e. The molecule has 1 aliphatic heterocycles. The van der Waals surface area contributed by atoms with Crippen molar-refractivity contribution in [3.63, 3.8) is 0 Å². The van der Waals surface area contributed by atoms with Crippen LogP contribution in [-0.2, 0) is 0 Å². The molecule has 0 radical (unpaired) electrons. The zero-order valence-electron chi connectivity index (χ0n) is 19.2. The lowest BCUT2D eigenvalue weighted by Gasteiger charge is -2.39. The minimum absolute atomic E-state index is 0.0180. The number of para-hydroxylation sites is 2. The Kier molecular flexibility index (Phi) is 4.92. The highest BCUT2D eigenvalue weighted by Crippen LogP contribution is 2.52. The summed E-state index contributed by atoms with van der Waals surface area (Å²) in [5.74, 6) is 1.93. The molecular formula is C30H25N3O. The second-order valence-corrected chi connectivity index (χ2v) is 8.50. The van der Waals surface area contributed by atoms with E-state index in [-0.39, 0.29) is 6.04 Å². The Bertz CT molecular complexity index is 1440. The standard InChI is InChI=1S/C30H25N3O/c1-21-28-26-15-9-10-16-27(26)29(22-17-19-25(34-2)20-18-22)32(23-11-5-3-6-12-23)30(28)33(31-21)24-13-7-4-8-14-24/h3-20,29H,1-2H3. The third-order valence-corrected chi connectivity index (χ3v) is 6.51. The van der Waals surface area contributed by atoms with E-state index in [0.29, 0.717) is 0 Å². The molecule has 0 aliphatic carbocycles. The monoisotopic (exact) mass is 443 g/mol. The third-order valence-electron chi connectivity index (χ3n) is 6.51. The first kappa shape index (κ1) is 20.3. The average molecular weight is 444 g/mol. The first-order valence-electron chi connectivity index (χ1n) is 11.5. The topological polar surface area (TPSA) is 30.3 Å². The van der Waals surface area contributed by atoms with E-state index in [4.69, 9.17) is 9.84 Å². The molecule has 0 saturated heterocycles. The molecule has 4 aromatic carbocycles. The van der Waals surface area contributed by atoms with E-state index in [1.54, 1.807) is 7.11 Å². The fraction of sp³-hybridized carbons (Fsp3) is 0.100. The number of hydrogen-bond acceptors (Lipinski definition) is 3. The van der Waals surface area contributed by atoms with Crippen molar-refractivity contribution in [2.75, 3.05) is 12.0 Å². The number of aromatic nitrogens is 2. The second kappa shape index (κ2) is 8.23. The van der Waals surface area contributed by atoms with Gasteiger partial charge in [0.25, 0.3) is 0 Å². The van der Waals surface area contributed by atoms with E-state index in [1.165, 1.54) is 22.3 Å². The lowest BCUT2D eigenvalue weighted by Crippen LogP contribution is -2.30. The van der Waals surface area contributed by atoms with Crippen molar-refractivity contribution in [3.8, 4) is 22.6 Å². The molecule has 1 aromatic heterocycles. The van der Waals surface area contributed by atoms with Crippen molar-refractivity contribution in [3.05, 3.63) is 126 Å². The minimum atomic E-state index is -0.0180. The first-order valence-corrected chi connectivity index (χ1v) is 11.5. The van der Waals surface area contributed by atoms with Crippen LogP contribution < -0.4 is 9.64 Å². The quantitative estimate of drug-likeness (QED) is 0.297. The van der Waals surface area contributed by atoms with Crippen molar-refractivity contribution in [2.24, 2.45) is 0 Å². The number of benzene rings is 4. The molecular weight excluding hydrogens is 418 g/mol. The van der Waals surface area contributed by atoms with Gasteiger partial charge in [0.15, 0.2) is 0 Å². The van der Waals surface area contributed by atoms with Crippen LogP contribution in [0.2, 0.25) is 0 Å². The largest absolute Gasteiger partial charge is 0.497 e. The van der Waals surface area contributed by atoms with Gasteiger partial charge in [0, 0.05) is 11.3 Å². The summed E-state index contributed by atoms with van der Waals surface area (Å²) in [6.45, 7) is 2.10. The molecule has 1 unspecified atom stereocenters. The second-order valence-electron chi connectivity index (χ2n) is 8.50. The molecule has 0 bridgehead atoms. The van der Waals surface area contributed by atoms with E-state index in [9.17, 15) is 0 Å². The van der Waals surface area contributed by atoms with Crippen LogP contribution in [0.1, 0.15) is 22.9 Å². The van der Waals surface area contributed by atoms with E-state index >= 15 is 0 Å². The van der Waals surface area contributed by atoms with Gasteiger partial charge in [-0.2, -0.15) is 5.10 Å². The van der Waals surface area contributed by atoms with E-state index in [2.05, 4.69) is 108 Å². The van der Waals surface area contributed by atoms with Gasteiger partial charge in [0.05, 0.1) is 24.5 Å². The summed E-state index contributed by atoms with van der Waals surface area (Å²) in [6, 6.07) is 38.1. The summed E-state index contributed by atoms with van der Waals surface area (Å²) in [5.41, 5.74) is 8.04. The molecule has 166 valence electrons. The number of anilines is 2. The van der Waals surface area contributed by atoms with E-state index < -0.39 is 0 Å². The SMILES string of the molecule is COc1ccc(C2c3ccccc3-c3c(C)nn(-c4ccccc4)c3N2c2ccccc2)cc1. The Labute approximate surface area is 199 Å². The van der Waals surface area contributed by atoms with Gasteiger partial charge in [-0.1, -0.05) is 72.8 Å². The first-order chi connectivity index (χ1) is 16.8. The van der Waals surface area contributed by atoms with Crippen LogP contribution in [0.3, 0.4) is 0 Å². The summed E-state index contributed by atoms with van der Waals surface area (Å²) in [7, 11) is 1.70. The summed E-state index contributed by atoms with van der Waals surface area (Å²) >= 11 is 0. The maximum Gasteiger partial charge on any atom is 0.145 e. The summed E-state index contributed by atoms with van der Waals surface area (Å²) in [6.07, 6.45) is 0. The number of fused-ring (bicyclic) bond motifs is 3. The molecule has 2 heterocycles. The highest BCUT2D eigenvalue weighted by atomic mass is 16.5. The van der Waals surface area contributed by atoms with E-state index in [0.717, 1.165) is 28.6 Å². The Balaban J connectivity index is 1.68. The Hall–Kier alpha value is -4.31. The van der Waals surface area contributed by atoms with Crippen molar-refractivity contribution in [2.45, 2.75) is 13.0 Å². The molecule has 4 heteroatoms. The van der Waals surface area contributed by atoms with Crippen LogP contribution in [0, 0.1) is 6.92 Å². The van der Waals surface area contributed by atoms with Gasteiger partial charge in [-0.15, -0.1) is 0 Å². The van der Waals surface area contributed by atoms with Gasteiger partial charge in [-0.05, 0) is 60.0 Å². The van der Waals surface area contributed by atoms with Gasteiger partial charge < -0.3 is 9.64 Å². The van der Waals surface area contributed by atoms with Crippen molar-refractivity contribution < 1.29 is 4.74 Å². The van der Waals surface area contributed by atoms with E-state index in [1.807, 2.05) is 18.2 Å². The lowest BCUT2D eigenvalue weighted by molar-refractivity contribution is 0.414. The number of methoxy groups -OCH3 is 1. The molecule has 1 aliphatic rings. The van der Waals surface area contributed by atoms with Crippen LogP contribution in [0.5, 0.6) is 5.75 Å². The summed E-state index contributed by atoms with van der Waals surface area (Å²) in [4.78, 5) is 2.42. The predicted octanol–water partition coefficient (Wildman–Crippen LogP) is 7.10. The zero-order chi connectivity index (χ0) is 23.1. The molecule has 34 heavy (non-hydrogen) atoms. The number of ether oxygens (including phenoxy) is 1. The normalized spacial score (nSPS) is 14.4. The number of aryl methyl sites for hydroxylation is 1. The number of hydrogen-bond donors (Lipinski definition) is 0. The Morgan fingerprint density at radius 2 is 1.32 bits per heavy atom. The Morgan fingerprint density at radius 1 is 0.706 bits per heavy atom. The Morgan fingerprint density at radius 3 is 2.00 bits per heavy atom. The molecule has 0 N–H and O–H groups in total. The molecule has 0 amide bonds. The molecule has 0 saturated carbocycles. The average Bonchev–Trinajstić information content (AvgIpc) is 3.26. The van der Waals surface area contributed by atoms with Crippen LogP contribution in [0.25, 0.3) is 16.8 Å². The molecule has 1 atom stereocenters. The minimum Gasteiger partial charge on any atom is -0.497 e.